The van der Waals surface area contributed by atoms with Crippen molar-refractivity contribution in [2.75, 3.05) is 20.1 Å². The molecule has 0 saturated carbocycles. The second-order valence-corrected chi connectivity index (χ2v) is 6.15. The smallest absolute Gasteiger partial charge is 0.306 e. The number of nitrogens with zero attached hydrogens (tertiary/aromatic N) is 1. The summed E-state index contributed by atoms with van der Waals surface area (Å²) in [6, 6.07) is 4.11. The minimum Gasteiger partial charge on any atom is -0.306 e. The Morgan fingerprint density at radius 1 is 1.16 bits per heavy atom. The minimum atomic E-state index is -4.26. The van der Waals surface area contributed by atoms with Crippen molar-refractivity contribution in [1.82, 2.24) is 4.90 Å². The van der Waals surface area contributed by atoms with Crippen molar-refractivity contribution in [3.63, 3.8) is 0 Å². The molecule has 0 unspecified atom stereocenters. The fourth-order valence-electron chi connectivity index (χ4n) is 2.56. The minimum absolute atomic E-state index is 0.543. The molecule has 0 bridgehead atoms. The van der Waals surface area contributed by atoms with Crippen LogP contribution in [-0.4, -0.2) is 25.0 Å². The van der Waals surface area contributed by atoms with Crippen LogP contribution in [0, 0.1) is 0 Å². The molecule has 1 aromatic carbocycles. The molecule has 0 spiro atoms. The number of fused-ring (bicyclic) bond motifs is 3. The Bertz CT molecular complexity index is 615. The van der Waals surface area contributed by atoms with E-state index in [0.717, 1.165) is 41.6 Å². The zero-order valence-electron chi connectivity index (χ0n) is 10.5. The van der Waals surface area contributed by atoms with E-state index in [1.54, 1.807) is 17.4 Å². The lowest BCUT2D eigenvalue weighted by atomic mass is 10.0. The molecule has 1 aliphatic rings. The first kappa shape index (κ1) is 12.9. The van der Waals surface area contributed by atoms with Crippen LogP contribution in [0.4, 0.5) is 13.2 Å². The van der Waals surface area contributed by atoms with Crippen molar-refractivity contribution in [2.24, 2.45) is 0 Å². The lowest BCUT2D eigenvalue weighted by molar-refractivity contribution is -0.137. The van der Waals surface area contributed by atoms with E-state index >= 15 is 0 Å². The number of halogens is 3. The van der Waals surface area contributed by atoms with Gasteiger partial charge in [0.1, 0.15) is 0 Å². The van der Waals surface area contributed by atoms with Crippen LogP contribution >= 0.6 is 11.3 Å². The van der Waals surface area contributed by atoms with Crippen LogP contribution in [0.2, 0.25) is 0 Å². The molecule has 1 aliphatic heterocycles. The van der Waals surface area contributed by atoms with Gasteiger partial charge in [0, 0.05) is 22.7 Å². The van der Waals surface area contributed by atoms with Crippen LogP contribution in [-0.2, 0) is 19.0 Å². The van der Waals surface area contributed by atoms with Crippen molar-refractivity contribution >= 4 is 21.4 Å². The zero-order valence-corrected chi connectivity index (χ0v) is 11.4. The first-order valence-electron chi connectivity index (χ1n) is 6.25. The van der Waals surface area contributed by atoms with Crippen molar-refractivity contribution in [3.05, 3.63) is 34.2 Å². The van der Waals surface area contributed by atoms with Crippen LogP contribution in [0.1, 0.15) is 16.0 Å². The van der Waals surface area contributed by atoms with E-state index in [-0.39, 0.29) is 0 Å². The van der Waals surface area contributed by atoms with Gasteiger partial charge in [-0.15, -0.1) is 11.3 Å². The monoisotopic (exact) mass is 285 g/mol. The van der Waals surface area contributed by atoms with Crippen LogP contribution in [0.3, 0.4) is 0 Å². The van der Waals surface area contributed by atoms with E-state index in [0.29, 0.717) is 0 Å². The summed E-state index contributed by atoms with van der Waals surface area (Å²) in [6.07, 6.45) is -2.48. The van der Waals surface area contributed by atoms with E-state index in [4.69, 9.17) is 0 Å². The second-order valence-electron chi connectivity index (χ2n) is 5.02. The van der Waals surface area contributed by atoms with Crippen molar-refractivity contribution in [3.8, 4) is 0 Å². The highest BCUT2D eigenvalue weighted by Crippen LogP contribution is 2.38. The quantitative estimate of drug-likeness (QED) is 0.708. The van der Waals surface area contributed by atoms with Gasteiger partial charge in [0.2, 0.25) is 0 Å². The van der Waals surface area contributed by atoms with Crippen LogP contribution < -0.4 is 0 Å². The Balaban J connectivity index is 2.12. The molecule has 0 N–H and O–H groups in total. The highest BCUT2D eigenvalue weighted by Gasteiger charge is 2.31. The molecular weight excluding hydrogens is 271 g/mol. The van der Waals surface area contributed by atoms with E-state index in [1.165, 1.54) is 17.0 Å². The largest absolute Gasteiger partial charge is 0.416 e. The number of thiophene rings is 1. The van der Waals surface area contributed by atoms with Gasteiger partial charge in [-0.2, -0.15) is 13.2 Å². The number of alkyl halides is 3. The summed E-state index contributed by atoms with van der Waals surface area (Å²) < 4.78 is 39.3. The maximum atomic E-state index is 12.8. The van der Waals surface area contributed by atoms with E-state index in [2.05, 4.69) is 11.9 Å². The molecule has 0 fully saturated rings. The highest BCUT2D eigenvalue weighted by atomic mass is 32.1. The van der Waals surface area contributed by atoms with Gasteiger partial charge < -0.3 is 4.90 Å². The fourth-order valence-corrected chi connectivity index (χ4v) is 3.78. The maximum Gasteiger partial charge on any atom is 0.416 e. The molecule has 0 aliphatic carbocycles. The summed E-state index contributed by atoms with van der Waals surface area (Å²) in [5.41, 5.74) is 0.577. The third kappa shape index (κ3) is 2.37. The molecule has 2 heterocycles. The average molecular weight is 285 g/mol. The Hall–Kier alpha value is -1.07. The van der Waals surface area contributed by atoms with Crippen molar-refractivity contribution in [2.45, 2.75) is 19.0 Å². The topological polar surface area (TPSA) is 3.24 Å². The molecule has 5 heteroatoms. The lowest BCUT2D eigenvalue weighted by Gasteiger charge is -2.11. The van der Waals surface area contributed by atoms with Gasteiger partial charge in [-0.3, -0.25) is 0 Å². The zero-order chi connectivity index (χ0) is 13.6. The molecule has 1 nitrogen and oxygen atoms in total. The molecule has 2 aromatic rings. The van der Waals surface area contributed by atoms with E-state index in [1.807, 2.05) is 0 Å². The summed E-state index contributed by atoms with van der Waals surface area (Å²) in [4.78, 5) is 3.48. The molecule has 0 radical (unpaired) electrons. The van der Waals surface area contributed by atoms with Crippen LogP contribution in [0.5, 0.6) is 0 Å². The molecule has 19 heavy (non-hydrogen) atoms. The van der Waals surface area contributed by atoms with E-state index in [9.17, 15) is 13.2 Å². The molecule has 102 valence electrons. The summed E-state index contributed by atoms with van der Waals surface area (Å²) in [5, 5.41) is 0.796. The predicted octanol–water partition coefficient (Wildman–Crippen LogP) is 3.95. The van der Waals surface area contributed by atoms with Gasteiger partial charge in [-0.25, -0.2) is 0 Å². The summed E-state index contributed by atoms with van der Waals surface area (Å²) in [6.45, 7) is 1.89. The maximum absolute atomic E-state index is 12.8. The van der Waals surface area contributed by atoms with Gasteiger partial charge in [0.25, 0.3) is 0 Å². The fraction of sp³-hybridized carbons (Fsp3) is 0.429. The Morgan fingerprint density at radius 3 is 2.63 bits per heavy atom. The second kappa shape index (κ2) is 4.49. The van der Waals surface area contributed by atoms with Crippen LogP contribution in [0.15, 0.2) is 18.2 Å². The third-order valence-corrected chi connectivity index (χ3v) is 4.94. The molecule has 0 saturated heterocycles. The van der Waals surface area contributed by atoms with Gasteiger partial charge in [-0.05, 0) is 49.0 Å². The van der Waals surface area contributed by atoms with Crippen molar-refractivity contribution in [1.29, 1.82) is 0 Å². The highest BCUT2D eigenvalue weighted by molar-refractivity contribution is 7.19. The van der Waals surface area contributed by atoms with Gasteiger partial charge in [0.05, 0.1) is 5.56 Å². The Labute approximate surface area is 113 Å². The molecule has 1 aromatic heterocycles. The van der Waals surface area contributed by atoms with Gasteiger partial charge in [-0.1, -0.05) is 0 Å². The normalized spacial score (nSPS) is 17.5. The molecule has 0 atom stereocenters. The Morgan fingerprint density at radius 2 is 1.89 bits per heavy atom. The predicted molar refractivity (Wildman–Crippen MR) is 71.7 cm³/mol. The lowest BCUT2D eigenvalue weighted by Crippen LogP contribution is -2.20. The van der Waals surface area contributed by atoms with Gasteiger partial charge in [0.15, 0.2) is 0 Å². The number of hydrogen-bond acceptors (Lipinski definition) is 2. The van der Waals surface area contributed by atoms with E-state index < -0.39 is 11.7 Å². The first-order valence-corrected chi connectivity index (χ1v) is 7.07. The van der Waals surface area contributed by atoms with Crippen molar-refractivity contribution < 1.29 is 13.2 Å². The Kier molecular flexibility index (Phi) is 3.06. The average Bonchev–Trinajstić information content (AvgIpc) is 2.59. The number of hydrogen-bond donors (Lipinski definition) is 0. The molecule has 0 amide bonds. The SMILES string of the molecule is CN1CCc2sc3ccc(C(F)(F)F)cc3c2CC1. The summed E-state index contributed by atoms with van der Waals surface area (Å²) in [7, 11) is 2.06. The summed E-state index contributed by atoms with van der Waals surface area (Å²) >= 11 is 1.64. The molecular formula is C14H14F3NS. The number of rotatable bonds is 0. The first-order chi connectivity index (χ1) is 8.95. The third-order valence-electron chi connectivity index (χ3n) is 3.67. The molecule has 3 rings (SSSR count). The number of likely N-dealkylation sites (N-methyl/N-ethyl adjacent to an activating group) is 1. The van der Waals surface area contributed by atoms with Crippen LogP contribution in [0.25, 0.3) is 10.1 Å². The number of benzene rings is 1. The summed E-state index contributed by atoms with van der Waals surface area (Å²) in [5.74, 6) is 0. The standard InChI is InChI=1S/C14H14F3NS/c1-18-6-4-10-11-8-9(14(15,16)17)2-3-12(11)19-13(10)5-7-18/h2-3,8H,4-7H2,1H3. The van der Waals surface area contributed by atoms with Gasteiger partial charge >= 0.3 is 6.18 Å².